The van der Waals surface area contributed by atoms with Crippen molar-refractivity contribution in [3.8, 4) is 0 Å². The largest absolute Gasteiger partial charge is 0.416 e. The Morgan fingerprint density at radius 1 is 0.933 bits per heavy atom. The predicted octanol–water partition coefficient (Wildman–Crippen LogP) is 5.59. The van der Waals surface area contributed by atoms with Crippen LogP contribution in [0.25, 0.3) is 0 Å². The zero-order chi connectivity index (χ0) is 31.9. The van der Waals surface area contributed by atoms with Crippen LogP contribution >= 0.6 is 11.6 Å². The number of benzene rings is 3. The van der Waals surface area contributed by atoms with E-state index in [9.17, 15) is 22.8 Å². The second-order valence-corrected chi connectivity index (χ2v) is 12.0. The van der Waals surface area contributed by atoms with Crippen molar-refractivity contribution in [3.05, 3.63) is 138 Å². The first-order valence-electron chi connectivity index (χ1n) is 14.6. The molecule has 0 amide bonds. The molecule has 1 spiro atoms. The maximum atomic E-state index is 15.0. The van der Waals surface area contributed by atoms with Gasteiger partial charge in [-0.25, -0.2) is 9.18 Å². The zero-order valence-corrected chi connectivity index (χ0v) is 25.0. The molecule has 0 unspecified atom stereocenters. The van der Waals surface area contributed by atoms with E-state index < -0.39 is 52.6 Å². The lowest BCUT2D eigenvalue weighted by Gasteiger charge is -2.39. The fourth-order valence-corrected chi connectivity index (χ4v) is 6.67. The summed E-state index contributed by atoms with van der Waals surface area (Å²) in [6.45, 7) is 0.612. The maximum Gasteiger partial charge on any atom is 0.416 e. The molecule has 0 radical (unpaired) electrons. The number of piperidine rings is 1. The summed E-state index contributed by atoms with van der Waals surface area (Å²) in [4.78, 5) is 30.3. The molecule has 2 N–H and O–H groups in total. The van der Waals surface area contributed by atoms with Crippen LogP contribution < -0.4 is 17.0 Å². The lowest BCUT2D eigenvalue weighted by atomic mass is 9.85. The lowest BCUT2D eigenvalue weighted by molar-refractivity contribution is -0.138. The topological polar surface area (TPSA) is 82.5 Å². The van der Waals surface area contributed by atoms with Gasteiger partial charge in [0, 0.05) is 36.3 Å². The molecule has 0 bridgehead atoms. The average Bonchev–Trinajstić information content (AvgIpc) is 3.37. The number of hydrogen-bond acceptors (Lipinski definition) is 5. The van der Waals surface area contributed by atoms with Crippen LogP contribution in [0.2, 0.25) is 5.02 Å². The van der Waals surface area contributed by atoms with E-state index in [4.69, 9.17) is 22.1 Å². The van der Waals surface area contributed by atoms with Gasteiger partial charge in [0.25, 0.3) is 5.56 Å². The highest BCUT2D eigenvalue weighted by Crippen LogP contribution is 2.43. The van der Waals surface area contributed by atoms with Crippen LogP contribution in [-0.4, -0.2) is 27.1 Å². The second-order valence-electron chi connectivity index (χ2n) is 11.6. The van der Waals surface area contributed by atoms with E-state index in [1.54, 1.807) is 36.4 Å². The van der Waals surface area contributed by atoms with Crippen molar-refractivity contribution in [2.45, 2.75) is 56.9 Å². The molecule has 236 valence electrons. The molecule has 2 aliphatic rings. The molecule has 1 saturated heterocycles. The highest BCUT2D eigenvalue weighted by molar-refractivity contribution is 6.30. The van der Waals surface area contributed by atoms with Crippen molar-refractivity contribution in [1.29, 1.82) is 0 Å². The van der Waals surface area contributed by atoms with Crippen LogP contribution in [0.3, 0.4) is 0 Å². The van der Waals surface area contributed by atoms with Crippen molar-refractivity contribution in [2.75, 3.05) is 13.1 Å². The molecule has 4 aromatic rings. The quantitative estimate of drug-likeness (QED) is 0.266. The van der Waals surface area contributed by atoms with Crippen LogP contribution in [-0.2, 0) is 42.8 Å². The Balaban J connectivity index is 1.42. The molecular weight excluding hydrogens is 612 g/mol. The molecule has 0 saturated carbocycles. The summed E-state index contributed by atoms with van der Waals surface area (Å²) in [6.07, 6.45) is -4.04. The van der Waals surface area contributed by atoms with Crippen molar-refractivity contribution >= 4 is 11.6 Å². The van der Waals surface area contributed by atoms with Crippen LogP contribution in [0.4, 0.5) is 17.6 Å². The Labute approximate surface area is 261 Å². The van der Waals surface area contributed by atoms with Gasteiger partial charge in [0.15, 0.2) is 0 Å². The van der Waals surface area contributed by atoms with Crippen LogP contribution in [0, 0.1) is 5.82 Å². The predicted molar refractivity (Wildman–Crippen MR) is 161 cm³/mol. The van der Waals surface area contributed by atoms with Gasteiger partial charge in [-0.2, -0.15) is 13.2 Å². The number of nitrogens with zero attached hydrogens (tertiary/aromatic N) is 3. The van der Waals surface area contributed by atoms with Gasteiger partial charge in [-0.05, 0) is 48.2 Å². The fraction of sp³-hybridized carbons (Fsp3) is 0.333. The van der Waals surface area contributed by atoms with E-state index in [1.807, 2.05) is 18.2 Å². The smallest absolute Gasteiger partial charge is 0.364 e. The standard InChI is InChI=1S/C33H31ClF4N4O3/c34-23-9-4-6-21(16-23)17-40-14-12-32(13-15-40)29-28(20-45-32)41(18-24-25(33(36,37)38)10-5-11-26(24)35)31(44)42(30(29)43)19-27(39)22-7-2-1-3-8-22/h1-11,16,27H,12-15,17-20,39H2/t27-/m0/s1. The summed E-state index contributed by atoms with van der Waals surface area (Å²) in [6, 6.07) is 18.3. The Kier molecular flexibility index (Phi) is 8.47. The van der Waals surface area contributed by atoms with E-state index in [0.29, 0.717) is 43.1 Å². The minimum Gasteiger partial charge on any atom is -0.364 e. The van der Waals surface area contributed by atoms with Gasteiger partial charge >= 0.3 is 11.9 Å². The molecular formula is C33H31ClF4N4O3. The number of halogens is 5. The minimum absolute atomic E-state index is 0.161. The molecule has 3 aromatic carbocycles. The summed E-state index contributed by atoms with van der Waals surface area (Å²) in [5.41, 5.74) is 4.09. The normalized spacial score (nSPS) is 17.0. The van der Waals surface area contributed by atoms with Gasteiger partial charge in [0.05, 0.1) is 36.5 Å². The van der Waals surface area contributed by atoms with Crippen LogP contribution in [0.5, 0.6) is 0 Å². The summed E-state index contributed by atoms with van der Waals surface area (Å²) < 4.78 is 65.1. The Hall–Kier alpha value is -3.77. The Morgan fingerprint density at radius 2 is 1.64 bits per heavy atom. The molecule has 12 heteroatoms. The van der Waals surface area contributed by atoms with E-state index in [2.05, 4.69) is 4.90 Å². The monoisotopic (exact) mass is 642 g/mol. The molecule has 2 aliphatic heterocycles. The zero-order valence-electron chi connectivity index (χ0n) is 24.2. The number of hydrogen-bond donors (Lipinski definition) is 1. The highest BCUT2D eigenvalue weighted by Gasteiger charge is 2.47. The Morgan fingerprint density at radius 3 is 2.33 bits per heavy atom. The average molecular weight is 643 g/mol. The molecule has 3 heterocycles. The third-order valence-electron chi connectivity index (χ3n) is 8.78. The molecule has 1 atom stereocenters. The van der Waals surface area contributed by atoms with Gasteiger partial charge in [-0.15, -0.1) is 0 Å². The molecule has 1 fully saturated rings. The minimum atomic E-state index is -4.86. The van der Waals surface area contributed by atoms with Crippen molar-refractivity contribution in [2.24, 2.45) is 5.73 Å². The third-order valence-corrected chi connectivity index (χ3v) is 9.02. The van der Waals surface area contributed by atoms with E-state index >= 15 is 4.39 Å². The maximum absolute atomic E-state index is 15.0. The van der Waals surface area contributed by atoms with Gasteiger partial charge in [0.1, 0.15) is 11.4 Å². The molecule has 6 rings (SSSR count). The molecule has 0 aliphatic carbocycles. The van der Waals surface area contributed by atoms with Crippen molar-refractivity contribution in [1.82, 2.24) is 14.0 Å². The first-order chi connectivity index (χ1) is 21.5. The first kappa shape index (κ1) is 31.2. The number of aromatic nitrogens is 2. The number of nitrogens with two attached hydrogens (primary N) is 1. The summed E-state index contributed by atoms with van der Waals surface area (Å²) in [5.74, 6) is -1.10. The highest BCUT2D eigenvalue weighted by atomic mass is 35.5. The van der Waals surface area contributed by atoms with Gasteiger partial charge in [0.2, 0.25) is 0 Å². The lowest BCUT2D eigenvalue weighted by Crippen LogP contribution is -2.49. The molecule has 1 aromatic heterocycles. The SMILES string of the molecule is N[C@@H](Cn1c(=O)c2c(n(Cc3c(F)cccc3C(F)(F)F)c1=O)COC21CCN(Cc2cccc(Cl)c2)CC1)c1ccccc1. The summed E-state index contributed by atoms with van der Waals surface area (Å²) in [7, 11) is 0. The van der Waals surface area contributed by atoms with Gasteiger partial charge < -0.3 is 10.5 Å². The third kappa shape index (κ3) is 6.09. The number of likely N-dealkylation sites (tertiary alicyclic amines) is 1. The number of ether oxygens (including phenoxy) is 1. The van der Waals surface area contributed by atoms with Gasteiger partial charge in [-0.1, -0.05) is 60.1 Å². The van der Waals surface area contributed by atoms with E-state index in [-0.39, 0.29) is 24.4 Å². The summed E-state index contributed by atoms with van der Waals surface area (Å²) in [5, 5.41) is 0.629. The van der Waals surface area contributed by atoms with Crippen LogP contribution in [0.15, 0.2) is 82.4 Å². The summed E-state index contributed by atoms with van der Waals surface area (Å²) >= 11 is 6.16. The fourth-order valence-electron chi connectivity index (χ4n) is 6.46. The first-order valence-corrected chi connectivity index (χ1v) is 15.0. The van der Waals surface area contributed by atoms with E-state index in [1.165, 1.54) is 0 Å². The number of alkyl halides is 3. The van der Waals surface area contributed by atoms with Crippen molar-refractivity contribution < 1.29 is 22.3 Å². The number of rotatable bonds is 7. The van der Waals surface area contributed by atoms with Crippen LogP contribution in [0.1, 0.15) is 52.4 Å². The molecule has 45 heavy (non-hydrogen) atoms. The number of fused-ring (bicyclic) bond motifs is 2. The Bertz CT molecular complexity index is 1830. The van der Waals surface area contributed by atoms with E-state index in [0.717, 1.165) is 32.9 Å². The molecule has 7 nitrogen and oxygen atoms in total. The van der Waals surface area contributed by atoms with Crippen molar-refractivity contribution in [3.63, 3.8) is 0 Å². The van der Waals surface area contributed by atoms with Gasteiger partial charge in [-0.3, -0.25) is 18.8 Å². The second kappa shape index (κ2) is 12.2.